The van der Waals surface area contributed by atoms with Crippen LogP contribution in [0, 0.1) is 13.8 Å². The van der Waals surface area contributed by atoms with Gasteiger partial charge in [0.1, 0.15) is 12.8 Å². The molecule has 140 valence electrons. The number of benzene rings is 2. The topological polar surface area (TPSA) is 24.3 Å². The van der Waals surface area contributed by atoms with Crippen LogP contribution in [0.4, 0.5) is 11.4 Å². The van der Waals surface area contributed by atoms with Crippen molar-refractivity contribution in [1.29, 1.82) is 0 Å². The van der Waals surface area contributed by atoms with E-state index in [0.717, 1.165) is 17.9 Å². The minimum Gasteiger partial charge on any atom is -0.495 e. The Kier molecular flexibility index (Phi) is 4.33. The third-order valence-corrected chi connectivity index (χ3v) is 6.15. The molecular weight excluding hydrogens is 332 g/mol. The summed E-state index contributed by atoms with van der Waals surface area (Å²) in [6.45, 7) is 6.70. The Balaban J connectivity index is 1.75. The first-order valence-electron chi connectivity index (χ1n) is 9.77. The van der Waals surface area contributed by atoms with E-state index in [9.17, 15) is 0 Å². The smallest absolute Gasteiger partial charge is 0.209 e. The van der Waals surface area contributed by atoms with Crippen molar-refractivity contribution in [2.75, 3.05) is 19.5 Å². The third-order valence-electron chi connectivity index (χ3n) is 6.15. The summed E-state index contributed by atoms with van der Waals surface area (Å²) in [7, 11) is 3.93. The highest BCUT2D eigenvalue weighted by Crippen LogP contribution is 2.48. The van der Waals surface area contributed by atoms with Gasteiger partial charge in [0.15, 0.2) is 5.71 Å². The van der Waals surface area contributed by atoms with Gasteiger partial charge in [0, 0.05) is 23.4 Å². The average Bonchev–Trinajstić information content (AvgIpc) is 2.87. The maximum absolute atomic E-state index is 5.52. The van der Waals surface area contributed by atoms with Crippen LogP contribution >= 0.6 is 0 Å². The molecule has 2 aliphatic rings. The SMILES string of the molecule is COc1ccc(C)cc1N/C=C1\CCCC2(C)C1=[N+](C)c1ccc(C)cc12. The molecule has 0 radical (unpaired) electrons. The van der Waals surface area contributed by atoms with Crippen molar-refractivity contribution in [1.82, 2.24) is 0 Å². The van der Waals surface area contributed by atoms with Crippen LogP contribution in [0.1, 0.15) is 42.9 Å². The minimum atomic E-state index is 0.0958. The van der Waals surface area contributed by atoms with E-state index >= 15 is 0 Å². The molecular formula is C24H29N2O+. The van der Waals surface area contributed by atoms with Crippen molar-refractivity contribution < 1.29 is 9.31 Å². The number of anilines is 1. The van der Waals surface area contributed by atoms with Crippen molar-refractivity contribution in [2.45, 2.75) is 45.4 Å². The molecule has 1 N–H and O–H groups in total. The number of ether oxygens (including phenoxy) is 1. The van der Waals surface area contributed by atoms with Gasteiger partial charge in [0.25, 0.3) is 0 Å². The Morgan fingerprint density at radius 3 is 2.63 bits per heavy atom. The number of allylic oxidation sites excluding steroid dienone is 1. The van der Waals surface area contributed by atoms with Crippen molar-refractivity contribution in [3.63, 3.8) is 0 Å². The summed E-state index contributed by atoms with van der Waals surface area (Å²) in [6, 6.07) is 13.1. The van der Waals surface area contributed by atoms with Crippen molar-refractivity contribution in [3.05, 3.63) is 64.9 Å². The van der Waals surface area contributed by atoms with Crippen LogP contribution in [0.3, 0.4) is 0 Å². The van der Waals surface area contributed by atoms with Gasteiger partial charge < -0.3 is 10.1 Å². The predicted molar refractivity (Wildman–Crippen MR) is 113 cm³/mol. The predicted octanol–water partition coefficient (Wildman–Crippen LogP) is 5.48. The second-order valence-electron chi connectivity index (χ2n) is 8.13. The summed E-state index contributed by atoms with van der Waals surface area (Å²) in [5, 5.41) is 3.53. The highest BCUT2D eigenvalue weighted by atomic mass is 16.5. The Morgan fingerprint density at radius 1 is 1.11 bits per heavy atom. The Morgan fingerprint density at radius 2 is 1.85 bits per heavy atom. The van der Waals surface area contributed by atoms with E-state index in [1.54, 1.807) is 7.11 Å². The van der Waals surface area contributed by atoms with Crippen LogP contribution in [0.25, 0.3) is 0 Å². The van der Waals surface area contributed by atoms with E-state index in [1.807, 2.05) is 6.07 Å². The van der Waals surface area contributed by atoms with E-state index in [1.165, 1.54) is 46.5 Å². The Labute approximate surface area is 162 Å². The molecule has 2 aromatic rings. The van der Waals surface area contributed by atoms with Crippen LogP contribution in [0.15, 0.2) is 48.2 Å². The monoisotopic (exact) mass is 361 g/mol. The highest BCUT2D eigenvalue weighted by Gasteiger charge is 2.50. The fraction of sp³-hybridized carbons (Fsp3) is 0.375. The van der Waals surface area contributed by atoms with Gasteiger partial charge in [-0.15, -0.1) is 0 Å². The largest absolute Gasteiger partial charge is 0.495 e. The maximum atomic E-state index is 5.52. The first-order chi connectivity index (χ1) is 12.9. The molecule has 1 unspecified atom stereocenters. The number of rotatable bonds is 3. The lowest BCUT2D eigenvalue weighted by atomic mass is 9.69. The van der Waals surface area contributed by atoms with Crippen LogP contribution in [-0.4, -0.2) is 24.4 Å². The zero-order valence-corrected chi connectivity index (χ0v) is 17.0. The van der Waals surface area contributed by atoms with Gasteiger partial charge in [0.05, 0.1) is 18.2 Å². The third kappa shape index (κ3) is 2.86. The van der Waals surface area contributed by atoms with Gasteiger partial charge in [-0.05, 0) is 63.8 Å². The molecule has 3 heteroatoms. The molecule has 4 rings (SSSR count). The van der Waals surface area contributed by atoms with E-state index < -0.39 is 0 Å². The van der Waals surface area contributed by atoms with Gasteiger partial charge in [0.2, 0.25) is 5.69 Å². The first-order valence-corrected chi connectivity index (χ1v) is 9.77. The molecule has 1 aliphatic carbocycles. The summed E-state index contributed by atoms with van der Waals surface area (Å²) in [4.78, 5) is 0. The molecule has 0 amide bonds. The van der Waals surface area contributed by atoms with E-state index in [0.29, 0.717) is 0 Å². The Hall–Kier alpha value is -2.55. The van der Waals surface area contributed by atoms with E-state index in [2.05, 4.69) is 74.2 Å². The minimum absolute atomic E-state index is 0.0958. The molecule has 1 atom stereocenters. The lowest BCUT2D eigenvalue weighted by molar-refractivity contribution is -0.402. The summed E-state index contributed by atoms with van der Waals surface area (Å²) < 4.78 is 7.92. The first kappa shape index (κ1) is 17.8. The van der Waals surface area contributed by atoms with Gasteiger partial charge >= 0.3 is 0 Å². The summed E-state index contributed by atoms with van der Waals surface area (Å²) >= 11 is 0. The van der Waals surface area contributed by atoms with Crippen LogP contribution in [-0.2, 0) is 5.41 Å². The number of methoxy groups -OCH3 is 1. The van der Waals surface area contributed by atoms with Crippen LogP contribution < -0.4 is 10.1 Å². The molecule has 1 saturated carbocycles. The number of hydrogen-bond acceptors (Lipinski definition) is 2. The van der Waals surface area contributed by atoms with E-state index in [-0.39, 0.29) is 5.41 Å². The van der Waals surface area contributed by atoms with Gasteiger partial charge in [-0.3, -0.25) is 0 Å². The maximum Gasteiger partial charge on any atom is 0.209 e. The molecule has 27 heavy (non-hydrogen) atoms. The average molecular weight is 362 g/mol. The molecule has 3 nitrogen and oxygen atoms in total. The molecule has 1 fully saturated rings. The molecule has 0 saturated heterocycles. The number of nitrogens with zero attached hydrogens (tertiary/aromatic N) is 1. The Bertz CT molecular complexity index is 970. The van der Waals surface area contributed by atoms with E-state index in [4.69, 9.17) is 4.74 Å². The zero-order chi connectivity index (χ0) is 19.2. The fourth-order valence-corrected chi connectivity index (χ4v) is 4.82. The van der Waals surface area contributed by atoms with Crippen LogP contribution in [0.5, 0.6) is 5.75 Å². The number of fused-ring (bicyclic) bond motifs is 3. The normalized spacial score (nSPS) is 22.6. The number of aryl methyl sites for hydroxylation is 2. The van der Waals surface area contributed by atoms with Gasteiger partial charge in [-0.1, -0.05) is 17.7 Å². The molecule has 1 aliphatic heterocycles. The van der Waals surface area contributed by atoms with Gasteiger partial charge in [-0.2, -0.15) is 4.58 Å². The quantitative estimate of drug-likeness (QED) is 0.732. The molecule has 0 spiro atoms. The number of nitrogens with one attached hydrogen (secondary N) is 1. The second kappa shape index (κ2) is 6.56. The molecule has 1 heterocycles. The van der Waals surface area contributed by atoms with Crippen LogP contribution in [0.2, 0.25) is 0 Å². The summed E-state index contributed by atoms with van der Waals surface area (Å²) in [5.74, 6) is 0.875. The molecule has 2 aromatic carbocycles. The number of hydrogen-bond donors (Lipinski definition) is 1. The molecule has 0 aromatic heterocycles. The summed E-state index contributed by atoms with van der Waals surface area (Å²) in [6.07, 6.45) is 5.70. The van der Waals surface area contributed by atoms with Crippen molar-refractivity contribution >= 4 is 17.1 Å². The summed E-state index contributed by atoms with van der Waals surface area (Å²) in [5.41, 5.74) is 9.32. The fourth-order valence-electron chi connectivity index (χ4n) is 4.82. The lowest BCUT2D eigenvalue weighted by Gasteiger charge is -2.29. The highest BCUT2D eigenvalue weighted by molar-refractivity contribution is 6.08. The van der Waals surface area contributed by atoms with Gasteiger partial charge in [-0.25, -0.2) is 0 Å². The van der Waals surface area contributed by atoms with Crippen molar-refractivity contribution in [2.24, 2.45) is 0 Å². The zero-order valence-electron chi connectivity index (χ0n) is 17.0. The standard InChI is InChI=1S/C24H28N2O/c1-16-8-10-21-19(13-16)24(3)12-6-7-18(23(24)26(21)4)15-25-20-14-17(2)9-11-22(20)27-5/h8-11,13-15H,6-7,12H2,1-5H3/p+1. The van der Waals surface area contributed by atoms with Crippen molar-refractivity contribution in [3.8, 4) is 5.75 Å². The lowest BCUT2D eigenvalue weighted by Crippen LogP contribution is -2.37. The second-order valence-corrected chi connectivity index (χ2v) is 8.13. The molecule has 0 bridgehead atoms.